The van der Waals surface area contributed by atoms with E-state index >= 15 is 0 Å². The zero-order valence-electron chi connectivity index (χ0n) is 9.72. The molecule has 0 heterocycles. The highest BCUT2D eigenvalue weighted by atomic mass is 16.5. The van der Waals surface area contributed by atoms with E-state index in [9.17, 15) is 4.79 Å². The largest absolute Gasteiger partial charge is 0.481 e. The molecular weight excluding hydrogens is 204 g/mol. The summed E-state index contributed by atoms with van der Waals surface area (Å²) >= 11 is 0. The lowest BCUT2D eigenvalue weighted by Gasteiger charge is -2.20. The van der Waals surface area contributed by atoms with E-state index < -0.39 is 11.9 Å². The molecule has 0 aromatic heterocycles. The minimum absolute atomic E-state index is 0.0368. The molecule has 3 nitrogen and oxygen atoms in total. The van der Waals surface area contributed by atoms with Crippen LogP contribution in [0.3, 0.4) is 0 Å². The van der Waals surface area contributed by atoms with Crippen LogP contribution in [0.25, 0.3) is 0 Å². The van der Waals surface area contributed by atoms with Gasteiger partial charge >= 0.3 is 5.97 Å². The van der Waals surface area contributed by atoms with Crippen molar-refractivity contribution in [1.82, 2.24) is 0 Å². The van der Waals surface area contributed by atoms with E-state index in [0.717, 1.165) is 5.56 Å². The van der Waals surface area contributed by atoms with Crippen LogP contribution in [-0.2, 0) is 9.53 Å². The molecule has 0 saturated carbocycles. The maximum Gasteiger partial charge on any atom is 0.309 e. The van der Waals surface area contributed by atoms with Crippen LogP contribution in [0.1, 0.15) is 25.3 Å². The van der Waals surface area contributed by atoms with Gasteiger partial charge in [-0.15, -0.1) is 0 Å². The Morgan fingerprint density at radius 2 is 2.00 bits per heavy atom. The number of hydrogen-bond donors (Lipinski definition) is 1. The molecule has 1 rings (SSSR count). The predicted octanol–water partition coefficient (Wildman–Crippen LogP) is 2.53. The Labute approximate surface area is 96.1 Å². The van der Waals surface area contributed by atoms with Crippen LogP contribution in [0, 0.1) is 5.92 Å². The zero-order chi connectivity index (χ0) is 12.0. The monoisotopic (exact) mass is 222 g/mol. The topological polar surface area (TPSA) is 46.5 Å². The highest BCUT2D eigenvalue weighted by molar-refractivity contribution is 5.71. The molecule has 1 N–H and O–H groups in total. The summed E-state index contributed by atoms with van der Waals surface area (Å²) in [5, 5.41) is 9.15. The Kier molecular flexibility index (Phi) is 4.99. The molecule has 0 bridgehead atoms. The van der Waals surface area contributed by atoms with Crippen LogP contribution in [0.4, 0.5) is 0 Å². The van der Waals surface area contributed by atoms with Gasteiger partial charge in [0.2, 0.25) is 0 Å². The summed E-state index contributed by atoms with van der Waals surface area (Å²) < 4.78 is 5.22. The van der Waals surface area contributed by atoms with E-state index in [-0.39, 0.29) is 12.5 Å². The molecule has 16 heavy (non-hydrogen) atoms. The Morgan fingerprint density at radius 3 is 2.50 bits per heavy atom. The van der Waals surface area contributed by atoms with Gasteiger partial charge in [0, 0.05) is 6.61 Å². The first kappa shape index (κ1) is 12.7. The normalized spacial score (nSPS) is 14.4. The lowest BCUT2D eigenvalue weighted by molar-refractivity contribution is -0.144. The summed E-state index contributed by atoms with van der Waals surface area (Å²) in [5.74, 6) is -1.32. The quantitative estimate of drug-likeness (QED) is 0.804. The third-order valence-electron chi connectivity index (χ3n) is 2.75. The molecule has 2 atom stereocenters. The van der Waals surface area contributed by atoms with Crippen molar-refractivity contribution >= 4 is 5.97 Å². The molecule has 0 amide bonds. The Balaban J connectivity index is 2.75. The number of hydrogen-bond acceptors (Lipinski definition) is 2. The molecule has 1 aromatic carbocycles. The SMILES string of the molecule is CCOCC(C(=O)O)C(C)c1ccccc1. The molecule has 0 fully saturated rings. The van der Waals surface area contributed by atoms with E-state index in [0.29, 0.717) is 6.61 Å². The third kappa shape index (κ3) is 3.35. The van der Waals surface area contributed by atoms with Crippen LogP contribution in [-0.4, -0.2) is 24.3 Å². The summed E-state index contributed by atoms with van der Waals surface area (Å²) in [4.78, 5) is 11.1. The summed E-state index contributed by atoms with van der Waals surface area (Å²) in [7, 11) is 0. The van der Waals surface area contributed by atoms with E-state index in [2.05, 4.69) is 0 Å². The molecule has 0 radical (unpaired) electrons. The second-order valence-corrected chi connectivity index (χ2v) is 3.80. The fraction of sp³-hybridized carbons (Fsp3) is 0.462. The molecule has 3 heteroatoms. The van der Waals surface area contributed by atoms with Crippen LogP contribution in [0.15, 0.2) is 30.3 Å². The molecule has 0 saturated heterocycles. The van der Waals surface area contributed by atoms with Gasteiger partial charge < -0.3 is 9.84 Å². The Bertz CT molecular complexity index is 321. The van der Waals surface area contributed by atoms with Gasteiger partial charge in [-0.1, -0.05) is 37.3 Å². The van der Waals surface area contributed by atoms with Gasteiger partial charge in [0.1, 0.15) is 0 Å². The van der Waals surface area contributed by atoms with Crippen molar-refractivity contribution in [1.29, 1.82) is 0 Å². The highest BCUT2D eigenvalue weighted by Gasteiger charge is 2.25. The van der Waals surface area contributed by atoms with Gasteiger partial charge in [-0.25, -0.2) is 0 Å². The molecule has 0 aliphatic carbocycles. The van der Waals surface area contributed by atoms with Gasteiger partial charge in [-0.2, -0.15) is 0 Å². The lowest BCUT2D eigenvalue weighted by atomic mass is 9.88. The van der Waals surface area contributed by atoms with Crippen molar-refractivity contribution in [3.05, 3.63) is 35.9 Å². The minimum Gasteiger partial charge on any atom is -0.481 e. The molecule has 0 aliphatic heterocycles. The van der Waals surface area contributed by atoms with E-state index in [1.807, 2.05) is 44.2 Å². The van der Waals surface area contributed by atoms with Gasteiger partial charge in [0.15, 0.2) is 0 Å². The maximum absolute atomic E-state index is 11.1. The fourth-order valence-electron chi connectivity index (χ4n) is 1.66. The van der Waals surface area contributed by atoms with Crippen LogP contribution >= 0.6 is 0 Å². The lowest BCUT2D eigenvalue weighted by Crippen LogP contribution is -2.25. The summed E-state index contributed by atoms with van der Waals surface area (Å²) in [6.45, 7) is 4.60. The second-order valence-electron chi connectivity index (χ2n) is 3.80. The summed E-state index contributed by atoms with van der Waals surface area (Å²) in [6.07, 6.45) is 0. The first-order valence-electron chi connectivity index (χ1n) is 5.52. The van der Waals surface area contributed by atoms with Crippen LogP contribution < -0.4 is 0 Å². The Morgan fingerprint density at radius 1 is 1.38 bits per heavy atom. The molecule has 1 aromatic rings. The third-order valence-corrected chi connectivity index (χ3v) is 2.75. The maximum atomic E-state index is 11.1. The molecule has 0 aliphatic rings. The number of ether oxygens (including phenoxy) is 1. The molecule has 0 spiro atoms. The number of aliphatic carboxylic acids is 1. The van der Waals surface area contributed by atoms with Crippen molar-refractivity contribution in [2.24, 2.45) is 5.92 Å². The van der Waals surface area contributed by atoms with Gasteiger partial charge in [0.25, 0.3) is 0 Å². The van der Waals surface area contributed by atoms with E-state index in [1.165, 1.54) is 0 Å². The van der Waals surface area contributed by atoms with Crippen molar-refractivity contribution in [3.8, 4) is 0 Å². The number of carbonyl (C=O) groups is 1. The first-order chi connectivity index (χ1) is 7.66. The molecular formula is C13H18O3. The predicted molar refractivity (Wildman–Crippen MR) is 62.5 cm³/mol. The fourth-order valence-corrected chi connectivity index (χ4v) is 1.66. The number of carboxylic acids is 1. The van der Waals surface area contributed by atoms with Crippen LogP contribution in [0.5, 0.6) is 0 Å². The summed E-state index contributed by atoms with van der Waals surface area (Å²) in [6, 6.07) is 9.67. The first-order valence-corrected chi connectivity index (χ1v) is 5.52. The summed E-state index contributed by atoms with van der Waals surface area (Å²) in [5.41, 5.74) is 1.04. The number of rotatable bonds is 6. The van der Waals surface area contributed by atoms with Crippen molar-refractivity contribution in [2.45, 2.75) is 19.8 Å². The average molecular weight is 222 g/mol. The number of carboxylic acid groups (broad SMARTS) is 1. The van der Waals surface area contributed by atoms with Gasteiger partial charge in [-0.3, -0.25) is 4.79 Å². The average Bonchev–Trinajstić information content (AvgIpc) is 2.30. The Hall–Kier alpha value is -1.35. The van der Waals surface area contributed by atoms with Crippen molar-refractivity contribution in [3.63, 3.8) is 0 Å². The van der Waals surface area contributed by atoms with Crippen molar-refractivity contribution in [2.75, 3.05) is 13.2 Å². The van der Waals surface area contributed by atoms with Gasteiger partial charge in [-0.05, 0) is 18.4 Å². The zero-order valence-corrected chi connectivity index (χ0v) is 9.72. The molecule has 2 unspecified atom stereocenters. The molecule has 88 valence electrons. The van der Waals surface area contributed by atoms with Crippen molar-refractivity contribution < 1.29 is 14.6 Å². The standard InChI is InChI=1S/C13H18O3/c1-3-16-9-12(13(14)15)10(2)11-7-5-4-6-8-11/h4-8,10,12H,3,9H2,1-2H3,(H,14,15). The smallest absolute Gasteiger partial charge is 0.309 e. The second kappa shape index (κ2) is 6.28. The van der Waals surface area contributed by atoms with Gasteiger partial charge in [0.05, 0.1) is 12.5 Å². The van der Waals surface area contributed by atoms with E-state index in [4.69, 9.17) is 9.84 Å². The number of benzene rings is 1. The highest BCUT2D eigenvalue weighted by Crippen LogP contribution is 2.24. The van der Waals surface area contributed by atoms with E-state index in [1.54, 1.807) is 0 Å². The minimum atomic E-state index is -0.801. The van der Waals surface area contributed by atoms with Crippen LogP contribution in [0.2, 0.25) is 0 Å².